The van der Waals surface area contributed by atoms with E-state index in [4.69, 9.17) is 9.84 Å². The zero-order chi connectivity index (χ0) is 15.0. The van der Waals surface area contributed by atoms with Crippen molar-refractivity contribution in [1.29, 1.82) is 0 Å². The van der Waals surface area contributed by atoms with E-state index in [9.17, 15) is 4.79 Å². The van der Waals surface area contributed by atoms with Crippen molar-refractivity contribution in [1.82, 2.24) is 4.90 Å². The standard InChI is InChI=1S/C15H26BrNO3/c1-14(2,3)12-11(20-9-6-16)10-15(12)4-7-17(8-5-15)13(18)19/h11-12H,4-10H2,1-3H3,(H,18,19). The number of nitrogens with zero attached hydrogens (tertiary/aromatic N) is 1. The molecule has 0 aromatic rings. The lowest BCUT2D eigenvalue weighted by molar-refractivity contribution is -0.196. The molecule has 1 saturated heterocycles. The van der Waals surface area contributed by atoms with Crippen LogP contribution in [0.1, 0.15) is 40.0 Å². The number of carbonyl (C=O) groups is 1. The Morgan fingerprint density at radius 3 is 2.45 bits per heavy atom. The fraction of sp³-hybridized carbons (Fsp3) is 0.933. The maximum absolute atomic E-state index is 11.1. The summed E-state index contributed by atoms with van der Waals surface area (Å²) in [6.45, 7) is 8.96. The van der Waals surface area contributed by atoms with Crippen molar-refractivity contribution in [3.63, 3.8) is 0 Å². The normalized spacial score (nSPS) is 29.3. The molecule has 20 heavy (non-hydrogen) atoms. The highest BCUT2D eigenvalue weighted by atomic mass is 79.9. The van der Waals surface area contributed by atoms with Crippen LogP contribution in [0, 0.1) is 16.7 Å². The van der Waals surface area contributed by atoms with Gasteiger partial charge in [-0.3, -0.25) is 0 Å². The third kappa shape index (κ3) is 2.98. The van der Waals surface area contributed by atoms with Crippen LogP contribution in [0.2, 0.25) is 0 Å². The van der Waals surface area contributed by atoms with Gasteiger partial charge in [-0.1, -0.05) is 36.7 Å². The minimum atomic E-state index is -0.779. The van der Waals surface area contributed by atoms with Crippen molar-refractivity contribution in [2.24, 2.45) is 16.7 Å². The van der Waals surface area contributed by atoms with Gasteiger partial charge in [0, 0.05) is 18.4 Å². The highest BCUT2D eigenvalue weighted by Crippen LogP contribution is 2.61. The predicted molar refractivity (Wildman–Crippen MR) is 82.4 cm³/mol. The van der Waals surface area contributed by atoms with Gasteiger partial charge >= 0.3 is 6.09 Å². The number of rotatable bonds is 3. The molecule has 1 N–H and O–H groups in total. The summed E-state index contributed by atoms with van der Waals surface area (Å²) in [5, 5.41) is 9.96. The third-order valence-corrected chi connectivity index (χ3v) is 5.33. The number of hydrogen-bond donors (Lipinski definition) is 1. The number of likely N-dealkylation sites (tertiary alicyclic amines) is 1. The van der Waals surface area contributed by atoms with E-state index < -0.39 is 6.09 Å². The zero-order valence-corrected chi connectivity index (χ0v) is 14.3. The third-order valence-electron chi connectivity index (χ3n) is 5.01. The molecule has 2 unspecified atom stereocenters. The highest BCUT2D eigenvalue weighted by Gasteiger charge is 2.59. The first-order chi connectivity index (χ1) is 9.30. The van der Waals surface area contributed by atoms with Crippen molar-refractivity contribution in [2.45, 2.75) is 46.1 Å². The Kier molecular flexibility index (Phi) is 4.69. The number of piperidine rings is 1. The quantitative estimate of drug-likeness (QED) is 0.793. The Bertz CT molecular complexity index is 359. The van der Waals surface area contributed by atoms with Gasteiger partial charge < -0.3 is 14.7 Å². The molecule has 0 radical (unpaired) electrons. The van der Waals surface area contributed by atoms with Crippen molar-refractivity contribution in [3.8, 4) is 0 Å². The molecule has 1 aliphatic carbocycles. The van der Waals surface area contributed by atoms with Crippen molar-refractivity contribution < 1.29 is 14.6 Å². The summed E-state index contributed by atoms with van der Waals surface area (Å²) in [7, 11) is 0. The maximum atomic E-state index is 11.1. The van der Waals surface area contributed by atoms with Crippen LogP contribution in [0.4, 0.5) is 4.79 Å². The van der Waals surface area contributed by atoms with E-state index >= 15 is 0 Å². The molecule has 4 nitrogen and oxygen atoms in total. The maximum Gasteiger partial charge on any atom is 0.407 e. The van der Waals surface area contributed by atoms with Gasteiger partial charge in [0.1, 0.15) is 0 Å². The predicted octanol–water partition coefficient (Wildman–Crippen LogP) is 3.59. The van der Waals surface area contributed by atoms with Gasteiger partial charge in [-0.15, -0.1) is 0 Å². The van der Waals surface area contributed by atoms with Crippen molar-refractivity contribution in [2.75, 3.05) is 25.0 Å². The molecule has 1 spiro atoms. The van der Waals surface area contributed by atoms with Gasteiger partial charge in [-0.25, -0.2) is 4.79 Å². The molecule has 2 aliphatic rings. The fourth-order valence-corrected chi connectivity index (χ4v) is 4.55. The first-order valence-corrected chi connectivity index (χ1v) is 8.58. The second kappa shape index (κ2) is 5.84. The summed E-state index contributed by atoms with van der Waals surface area (Å²) >= 11 is 3.42. The van der Waals surface area contributed by atoms with Gasteiger partial charge in [0.15, 0.2) is 0 Å². The topological polar surface area (TPSA) is 49.8 Å². The number of alkyl halides is 1. The molecule has 1 heterocycles. The van der Waals surface area contributed by atoms with Gasteiger partial charge in [-0.05, 0) is 36.0 Å². The molecule has 5 heteroatoms. The molecule has 2 atom stereocenters. The van der Waals surface area contributed by atoms with Gasteiger partial charge in [0.05, 0.1) is 12.7 Å². The number of halogens is 1. The van der Waals surface area contributed by atoms with Crippen LogP contribution in [0.5, 0.6) is 0 Å². The van der Waals surface area contributed by atoms with Gasteiger partial charge in [-0.2, -0.15) is 0 Å². The number of carboxylic acid groups (broad SMARTS) is 1. The molecular weight excluding hydrogens is 322 g/mol. The second-order valence-corrected chi connectivity index (χ2v) is 8.07. The molecular formula is C15H26BrNO3. The van der Waals surface area contributed by atoms with E-state index in [0.717, 1.165) is 31.2 Å². The first-order valence-electron chi connectivity index (χ1n) is 7.46. The van der Waals surface area contributed by atoms with Crippen molar-refractivity contribution >= 4 is 22.0 Å². The van der Waals surface area contributed by atoms with Crippen LogP contribution in [0.25, 0.3) is 0 Å². The SMILES string of the molecule is CC(C)(C)C1C(OCCBr)CC12CCN(C(=O)O)CC2. The van der Waals surface area contributed by atoms with E-state index in [1.807, 2.05) is 0 Å². The number of ether oxygens (including phenoxy) is 1. The number of amides is 1. The van der Waals surface area contributed by atoms with Crippen LogP contribution in [0.15, 0.2) is 0 Å². The fourth-order valence-electron chi connectivity index (χ4n) is 4.37. The Hall–Kier alpha value is -0.290. The van der Waals surface area contributed by atoms with Crippen molar-refractivity contribution in [3.05, 3.63) is 0 Å². The smallest absolute Gasteiger partial charge is 0.407 e. The lowest BCUT2D eigenvalue weighted by Gasteiger charge is -2.62. The monoisotopic (exact) mass is 347 g/mol. The zero-order valence-electron chi connectivity index (χ0n) is 12.7. The minimum absolute atomic E-state index is 0.209. The average molecular weight is 348 g/mol. The molecule has 2 fully saturated rings. The Morgan fingerprint density at radius 1 is 1.40 bits per heavy atom. The Morgan fingerprint density at radius 2 is 2.00 bits per heavy atom. The molecule has 116 valence electrons. The molecule has 1 aliphatic heterocycles. The molecule has 0 aromatic heterocycles. The molecule has 0 bridgehead atoms. The second-order valence-electron chi connectivity index (χ2n) is 7.28. The van der Waals surface area contributed by atoms with E-state index in [0.29, 0.717) is 30.5 Å². The summed E-state index contributed by atoms with van der Waals surface area (Å²) in [6.07, 6.45) is 2.61. The summed E-state index contributed by atoms with van der Waals surface area (Å²) in [5.41, 5.74) is 0.502. The van der Waals surface area contributed by atoms with E-state index in [1.54, 1.807) is 4.90 Å². The summed E-state index contributed by atoms with van der Waals surface area (Å²) < 4.78 is 5.99. The Balaban J connectivity index is 2.03. The lowest BCUT2D eigenvalue weighted by Crippen LogP contribution is -2.61. The van der Waals surface area contributed by atoms with E-state index in [-0.39, 0.29) is 5.41 Å². The molecule has 1 amide bonds. The van der Waals surface area contributed by atoms with E-state index in [1.165, 1.54) is 0 Å². The first kappa shape index (κ1) is 16.1. The van der Waals surface area contributed by atoms with Crippen LogP contribution in [-0.4, -0.2) is 47.2 Å². The largest absolute Gasteiger partial charge is 0.465 e. The minimum Gasteiger partial charge on any atom is -0.465 e. The lowest BCUT2D eigenvalue weighted by atomic mass is 9.47. The van der Waals surface area contributed by atoms with Gasteiger partial charge in [0.2, 0.25) is 0 Å². The van der Waals surface area contributed by atoms with Gasteiger partial charge in [0.25, 0.3) is 0 Å². The summed E-state index contributed by atoms with van der Waals surface area (Å²) in [5.74, 6) is 0.532. The van der Waals surface area contributed by atoms with Crippen LogP contribution in [-0.2, 0) is 4.74 Å². The van der Waals surface area contributed by atoms with E-state index in [2.05, 4.69) is 36.7 Å². The number of hydrogen-bond acceptors (Lipinski definition) is 2. The highest BCUT2D eigenvalue weighted by molar-refractivity contribution is 9.09. The van der Waals surface area contributed by atoms with Crippen LogP contribution >= 0.6 is 15.9 Å². The molecule has 0 aromatic carbocycles. The summed E-state index contributed by atoms with van der Waals surface area (Å²) in [4.78, 5) is 12.6. The summed E-state index contributed by atoms with van der Waals surface area (Å²) in [6, 6.07) is 0. The molecule has 2 rings (SSSR count). The van der Waals surface area contributed by atoms with Crippen LogP contribution in [0.3, 0.4) is 0 Å². The molecule has 1 saturated carbocycles. The van der Waals surface area contributed by atoms with Crippen LogP contribution < -0.4 is 0 Å². The average Bonchev–Trinajstić information content (AvgIpc) is 2.32. The Labute approximate surface area is 130 Å².